The molecule has 0 atom stereocenters. The van der Waals surface area contributed by atoms with Crippen molar-refractivity contribution in [1.29, 1.82) is 0 Å². The van der Waals surface area contributed by atoms with Gasteiger partial charge in [0.05, 0.1) is 13.0 Å². The van der Waals surface area contributed by atoms with E-state index in [1.165, 1.54) is 27.8 Å². The number of anilines is 1. The zero-order chi connectivity index (χ0) is 26.5. The molecular formula is C32H37N3O3. The standard InChI is InChI=1S/C32H37N3O3/c1-4-5-23-6-7-26(31(16-23)37-3)21-38-29-10-11-30-22(2)25(9-8-24(30)17-29)18-35-19-27(20-35)32(36)34-28-12-14-33-15-13-28/h6-7,10-17,27H,4-5,8-9,18-21H2,1-3H3,(H,33,34,36). The fourth-order valence-electron chi connectivity index (χ4n) is 5.42. The maximum atomic E-state index is 12.5. The Hall–Kier alpha value is -3.64. The summed E-state index contributed by atoms with van der Waals surface area (Å²) in [6.45, 7) is 7.43. The highest BCUT2D eigenvalue weighted by Crippen LogP contribution is 2.35. The minimum Gasteiger partial charge on any atom is -0.496 e. The summed E-state index contributed by atoms with van der Waals surface area (Å²) < 4.78 is 11.8. The average Bonchev–Trinajstić information content (AvgIpc) is 2.91. The van der Waals surface area contributed by atoms with Crippen molar-refractivity contribution in [2.24, 2.45) is 5.92 Å². The third-order valence-corrected chi connectivity index (χ3v) is 7.68. The number of fused-ring (bicyclic) bond motifs is 1. The molecule has 6 heteroatoms. The molecule has 0 spiro atoms. The van der Waals surface area contributed by atoms with E-state index in [0.717, 1.165) is 68.1 Å². The van der Waals surface area contributed by atoms with E-state index in [1.54, 1.807) is 19.5 Å². The van der Waals surface area contributed by atoms with Crippen LogP contribution in [0.3, 0.4) is 0 Å². The third kappa shape index (κ3) is 5.91. The van der Waals surface area contributed by atoms with E-state index in [4.69, 9.17) is 9.47 Å². The number of pyridine rings is 1. The van der Waals surface area contributed by atoms with Gasteiger partial charge in [0, 0.05) is 43.3 Å². The molecule has 198 valence electrons. The van der Waals surface area contributed by atoms with E-state index in [2.05, 4.69) is 65.4 Å². The molecule has 1 aliphatic heterocycles. The van der Waals surface area contributed by atoms with Gasteiger partial charge in [-0.05, 0) is 78.8 Å². The summed E-state index contributed by atoms with van der Waals surface area (Å²) in [6.07, 6.45) is 7.60. The number of benzene rings is 2. The molecule has 1 saturated heterocycles. The monoisotopic (exact) mass is 511 g/mol. The number of nitrogens with zero attached hydrogens (tertiary/aromatic N) is 2. The maximum absolute atomic E-state index is 12.5. The van der Waals surface area contributed by atoms with Gasteiger partial charge in [0.1, 0.15) is 18.1 Å². The van der Waals surface area contributed by atoms with Crippen molar-refractivity contribution >= 4 is 17.2 Å². The van der Waals surface area contributed by atoms with Gasteiger partial charge in [-0.15, -0.1) is 0 Å². The summed E-state index contributed by atoms with van der Waals surface area (Å²) in [5, 5.41) is 2.99. The Morgan fingerprint density at radius 2 is 1.89 bits per heavy atom. The summed E-state index contributed by atoms with van der Waals surface area (Å²) in [5.41, 5.74) is 8.64. The molecule has 1 aromatic heterocycles. The highest BCUT2D eigenvalue weighted by atomic mass is 16.5. The van der Waals surface area contributed by atoms with E-state index in [0.29, 0.717) is 6.61 Å². The minimum atomic E-state index is 0.0427. The third-order valence-electron chi connectivity index (χ3n) is 7.68. The second-order valence-electron chi connectivity index (χ2n) is 10.3. The van der Waals surface area contributed by atoms with Gasteiger partial charge in [0.15, 0.2) is 0 Å². The summed E-state index contributed by atoms with van der Waals surface area (Å²) in [5.74, 6) is 1.92. The first-order valence-electron chi connectivity index (χ1n) is 13.6. The number of carbonyl (C=O) groups excluding carboxylic acids is 1. The molecule has 6 nitrogen and oxygen atoms in total. The smallest absolute Gasteiger partial charge is 0.230 e. The van der Waals surface area contributed by atoms with Crippen LogP contribution in [0, 0.1) is 5.92 Å². The predicted octanol–water partition coefficient (Wildman–Crippen LogP) is 5.91. The fraction of sp³-hybridized carbons (Fsp3) is 0.375. The topological polar surface area (TPSA) is 63.7 Å². The van der Waals surface area contributed by atoms with Gasteiger partial charge in [-0.2, -0.15) is 0 Å². The number of ether oxygens (including phenoxy) is 2. The zero-order valence-electron chi connectivity index (χ0n) is 22.6. The van der Waals surface area contributed by atoms with Crippen molar-refractivity contribution in [1.82, 2.24) is 9.88 Å². The molecule has 0 bridgehead atoms. The Morgan fingerprint density at radius 3 is 2.66 bits per heavy atom. The van der Waals surface area contributed by atoms with Gasteiger partial charge in [-0.25, -0.2) is 0 Å². The zero-order valence-corrected chi connectivity index (χ0v) is 22.6. The lowest BCUT2D eigenvalue weighted by atomic mass is 9.85. The Labute approximate surface area is 225 Å². The van der Waals surface area contributed by atoms with Crippen LogP contribution in [-0.2, 0) is 24.2 Å². The van der Waals surface area contributed by atoms with Crippen molar-refractivity contribution in [3.63, 3.8) is 0 Å². The first-order valence-corrected chi connectivity index (χ1v) is 13.6. The van der Waals surface area contributed by atoms with Gasteiger partial charge in [0.25, 0.3) is 0 Å². The molecule has 2 aliphatic rings. The highest BCUT2D eigenvalue weighted by molar-refractivity contribution is 5.93. The van der Waals surface area contributed by atoms with Crippen LogP contribution in [-0.4, -0.2) is 42.5 Å². The number of methoxy groups -OCH3 is 1. The fourth-order valence-corrected chi connectivity index (χ4v) is 5.42. The predicted molar refractivity (Wildman–Crippen MR) is 151 cm³/mol. The van der Waals surface area contributed by atoms with E-state index in [9.17, 15) is 4.79 Å². The molecular weight excluding hydrogens is 474 g/mol. The second kappa shape index (κ2) is 11.8. The molecule has 1 aliphatic carbocycles. The number of carbonyl (C=O) groups is 1. The number of hydrogen-bond acceptors (Lipinski definition) is 5. The Morgan fingerprint density at radius 1 is 1.08 bits per heavy atom. The van der Waals surface area contributed by atoms with Gasteiger partial charge < -0.3 is 14.8 Å². The molecule has 0 saturated carbocycles. The van der Waals surface area contributed by atoms with Gasteiger partial charge in [0.2, 0.25) is 5.91 Å². The molecule has 1 amide bonds. The lowest BCUT2D eigenvalue weighted by Gasteiger charge is -2.39. The molecule has 1 N–H and O–H groups in total. The molecule has 5 rings (SSSR count). The SMILES string of the molecule is CCCc1ccc(COc2ccc3c(c2)CCC(CN2CC(C(=O)Nc4ccncc4)C2)=C3C)c(OC)c1. The lowest BCUT2D eigenvalue weighted by molar-refractivity contribution is -0.124. The molecule has 2 heterocycles. The summed E-state index contributed by atoms with van der Waals surface area (Å²) in [7, 11) is 1.72. The van der Waals surface area contributed by atoms with Gasteiger partial charge >= 0.3 is 0 Å². The Bertz CT molecular complexity index is 1310. The lowest BCUT2D eigenvalue weighted by Crippen LogP contribution is -2.52. The van der Waals surface area contributed by atoms with E-state index < -0.39 is 0 Å². The normalized spacial score (nSPS) is 15.6. The van der Waals surface area contributed by atoms with Crippen LogP contribution >= 0.6 is 0 Å². The largest absolute Gasteiger partial charge is 0.496 e. The number of aryl methyl sites for hydroxylation is 2. The molecule has 0 unspecified atom stereocenters. The molecule has 3 aromatic rings. The van der Waals surface area contributed by atoms with E-state index >= 15 is 0 Å². The summed E-state index contributed by atoms with van der Waals surface area (Å²) in [4.78, 5) is 18.9. The second-order valence-corrected chi connectivity index (χ2v) is 10.3. The quantitative estimate of drug-likeness (QED) is 0.367. The molecule has 1 fully saturated rings. The Kier molecular flexibility index (Phi) is 8.08. The van der Waals surface area contributed by atoms with Crippen molar-refractivity contribution in [2.45, 2.75) is 46.1 Å². The summed E-state index contributed by atoms with van der Waals surface area (Å²) in [6, 6.07) is 16.5. The molecule has 38 heavy (non-hydrogen) atoms. The van der Waals surface area contributed by atoms with Crippen LogP contribution < -0.4 is 14.8 Å². The molecule has 2 aromatic carbocycles. The van der Waals surface area contributed by atoms with Crippen molar-refractivity contribution in [2.75, 3.05) is 32.1 Å². The maximum Gasteiger partial charge on any atom is 0.230 e. The minimum absolute atomic E-state index is 0.0427. The first-order chi connectivity index (χ1) is 18.5. The molecule has 0 radical (unpaired) electrons. The van der Waals surface area contributed by atoms with Crippen LogP contribution in [0.5, 0.6) is 11.5 Å². The number of likely N-dealkylation sites (tertiary alicyclic amines) is 1. The van der Waals surface area contributed by atoms with E-state index in [-0.39, 0.29) is 11.8 Å². The number of amides is 1. The number of rotatable bonds is 10. The average molecular weight is 512 g/mol. The van der Waals surface area contributed by atoms with Crippen LogP contribution in [0.4, 0.5) is 5.69 Å². The van der Waals surface area contributed by atoms with Crippen LogP contribution in [0.15, 0.2) is 66.5 Å². The number of aromatic nitrogens is 1. The van der Waals surface area contributed by atoms with Crippen LogP contribution in [0.1, 0.15) is 48.9 Å². The van der Waals surface area contributed by atoms with Gasteiger partial charge in [-0.3, -0.25) is 14.7 Å². The van der Waals surface area contributed by atoms with E-state index in [1.807, 2.05) is 12.1 Å². The van der Waals surface area contributed by atoms with Crippen molar-refractivity contribution in [3.05, 3.63) is 88.8 Å². The summed E-state index contributed by atoms with van der Waals surface area (Å²) >= 11 is 0. The number of allylic oxidation sites excluding steroid dienone is 1. The van der Waals surface area contributed by atoms with Crippen molar-refractivity contribution < 1.29 is 14.3 Å². The number of nitrogens with one attached hydrogen (secondary N) is 1. The number of hydrogen-bond donors (Lipinski definition) is 1. The van der Waals surface area contributed by atoms with Crippen LogP contribution in [0.25, 0.3) is 5.57 Å². The Balaban J connectivity index is 1.16. The first kappa shape index (κ1) is 26.0. The van der Waals surface area contributed by atoms with Gasteiger partial charge in [-0.1, -0.05) is 37.1 Å². The van der Waals surface area contributed by atoms with Crippen LogP contribution in [0.2, 0.25) is 0 Å². The van der Waals surface area contributed by atoms with Crippen molar-refractivity contribution in [3.8, 4) is 11.5 Å². The highest BCUT2D eigenvalue weighted by Gasteiger charge is 2.33.